The molecule has 0 amide bonds. The number of hydrogen-bond donors (Lipinski definition) is 1. The molecule has 94 valence electrons. The molecule has 0 radical (unpaired) electrons. The highest BCUT2D eigenvalue weighted by Crippen LogP contribution is 2.34. The normalized spacial score (nSPS) is 20.4. The molecule has 2 aromatic rings. The molecule has 1 atom stereocenters. The zero-order valence-electron chi connectivity index (χ0n) is 10.5. The summed E-state index contributed by atoms with van der Waals surface area (Å²) in [5.74, 6) is 1.76. The Morgan fingerprint density at radius 2 is 2.22 bits per heavy atom. The van der Waals surface area contributed by atoms with Crippen molar-refractivity contribution in [2.75, 3.05) is 25.9 Å². The van der Waals surface area contributed by atoms with E-state index in [1.54, 1.807) is 6.07 Å². The Morgan fingerprint density at radius 3 is 2.89 bits per heavy atom. The van der Waals surface area contributed by atoms with Crippen molar-refractivity contribution in [3.8, 4) is 11.3 Å². The Kier molecular flexibility index (Phi) is 2.80. The molecule has 18 heavy (non-hydrogen) atoms. The molecular weight excluding hydrogens is 226 g/mol. The van der Waals surface area contributed by atoms with Crippen LogP contribution < -0.4 is 5.73 Å². The van der Waals surface area contributed by atoms with Gasteiger partial charge < -0.3 is 15.2 Å². The molecular formula is C14H17N3O. The Labute approximate surface area is 106 Å². The third-order valence-corrected chi connectivity index (χ3v) is 3.59. The molecule has 1 saturated heterocycles. The summed E-state index contributed by atoms with van der Waals surface area (Å²) in [6, 6.07) is 10.1. The van der Waals surface area contributed by atoms with Gasteiger partial charge in [0.1, 0.15) is 0 Å². The number of likely N-dealkylation sites (N-methyl/N-ethyl adjacent to an activating group) is 1. The number of hydrogen-bond acceptors (Lipinski definition) is 4. The van der Waals surface area contributed by atoms with Crippen molar-refractivity contribution in [1.82, 2.24) is 10.1 Å². The summed E-state index contributed by atoms with van der Waals surface area (Å²) in [7, 11) is 2.16. The minimum Gasteiger partial charge on any atom is -0.381 e. The standard InChI is InChI=1S/C14H17N3O/c1-17-7-6-10(9-17)11-4-2-3-5-12(11)13-8-14(15)16-18-13/h2-5,8,10H,6-7,9H2,1H3,(H2,15,16). The molecule has 1 aliphatic rings. The van der Waals surface area contributed by atoms with Gasteiger partial charge in [-0.1, -0.05) is 29.4 Å². The van der Waals surface area contributed by atoms with E-state index in [4.69, 9.17) is 10.3 Å². The summed E-state index contributed by atoms with van der Waals surface area (Å²) in [5.41, 5.74) is 8.07. The summed E-state index contributed by atoms with van der Waals surface area (Å²) in [6.45, 7) is 2.25. The molecule has 1 aliphatic heterocycles. The van der Waals surface area contributed by atoms with Crippen LogP contribution >= 0.6 is 0 Å². The second kappa shape index (κ2) is 4.46. The average molecular weight is 243 g/mol. The minimum atomic E-state index is 0.434. The Hall–Kier alpha value is -1.81. The predicted octanol–water partition coefficient (Wildman–Crippen LogP) is 2.34. The number of nitrogens with zero attached hydrogens (tertiary/aromatic N) is 2. The summed E-state index contributed by atoms with van der Waals surface area (Å²) in [4.78, 5) is 2.36. The van der Waals surface area contributed by atoms with Gasteiger partial charge in [0.05, 0.1) is 0 Å². The lowest BCUT2D eigenvalue weighted by atomic mass is 9.92. The second-order valence-electron chi connectivity index (χ2n) is 4.95. The summed E-state index contributed by atoms with van der Waals surface area (Å²) in [6.07, 6.45) is 1.19. The van der Waals surface area contributed by atoms with Gasteiger partial charge in [0.25, 0.3) is 0 Å². The highest BCUT2D eigenvalue weighted by molar-refractivity contribution is 5.65. The van der Waals surface area contributed by atoms with E-state index >= 15 is 0 Å². The monoisotopic (exact) mass is 243 g/mol. The highest BCUT2D eigenvalue weighted by atomic mass is 16.5. The molecule has 0 spiro atoms. The quantitative estimate of drug-likeness (QED) is 0.879. The SMILES string of the molecule is CN1CCC(c2ccccc2-c2cc(N)no2)C1. The van der Waals surface area contributed by atoms with Crippen molar-refractivity contribution in [2.45, 2.75) is 12.3 Å². The molecule has 3 rings (SSSR count). The lowest BCUT2D eigenvalue weighted by Crippen LogP contribution is -2.13. The lowest BCUT2D eigenvalue weighted by molar-refractivity contribution is 0.411. The first-order chi connectivity index (χ1) is 8.74. The maximum atomic E-state index is 5.63. The predicted molar refractivity (Wildman–Crippen MR) is 71.2 cm³/mol. The van der Waals surface area contributed by atoms with Crippen molar-refractivity contribution >= 4 is 5.82 Å². The molecule has 1 fully saturated rings. The molecule has 2 N–H and O–H groups in total. The zero-order valence-corrected chi connectivity index (χ0v) is 10.5. The zero-order chi connectivity index (χ0) is 12.5. The van der Waals surface area contributed by atoms with Gasteiger partial charge in [0.15, 0.2) is 11.6 Å². The van der Waals surface area contributed by atoms with Gasteiger partial charge in [-0.25, -0.2) is 0 Å². The third-order valence-electron chi connectivity index (χ3n) is 3.59. The number of nitrogen functional groups attached to an aromatic ring is 1. The average Bonchev–Trinajstić information content (AvgIpc) is 2.98. The first-order valence-corrected chi connectivity index (χ1v) is 6.24. The first-order valence-electron chi connectivity index (χ1n) is 6.24. The van der Waals surface area contributed by atoms with E-state index in [0.717, 1.165) is 24.4 Å². The van der Waals surface area contributed by atoms with Crippen LogP contribution in [-0.4, -0.2) is 30.2 Å². The van der Waals surface area contributed by atoms with Crippen LogP contribution in [0.5, 0.6) is 0 Å². The van der Waals surface area contributed by atoms with E-state index in [1.165, 1.54) is 12.0 Å². The van der Waals surface area contributed by atoms with Crippen LogP contribution in [0.15, 0.2) is 34.9 Å². The highest BCUT2D eigenvalue weighted by Gasteiger charge is 2.24. The van der Waals surface area contributed by atoms with E-state index in [0.29, 0.717) is 11.7 Å². The number of benzene rings is 1. The fraction of sp³-hybridized carbons (Fsp3) is 0.357. The van der Waals surface area contributed by atoms with Crippen LogP contribution in [0.1, 0.15) is 17.9 Å². The van der Waals surface area contributed by atoms with Crippen LogP contribution in [-0.2, 0) is 0 Å². The van der Waals surface area contributed by atoms with Crippen LogP contribution in [0.2, 0.25) is 0 Å². The Balaban J connectivity index is 2.00. The van der Waals surface area contributed by atoms with Gasteiger partial charge >= 0.3 is 0 Å². The van der Waals surface area contributed by atoms with E-state index in [-0.39, 0.29) is 0 Å². The van der Waals surface area contributed by atoms with Gasteiger partial charge in [0, 0.05) is 18.2 Å². The van der Waals surface area contributed by atoms with Crippen molar-refractivity contribution in [1.29, 1.82) is 0 Å². The van der Waals surface area contributed by atoms with E-state index in [9.17, 15) is 0 Å². The Bertz CT molecular complexity index is 549. The molecule has 1 unspecified atom stereocenters. The number of anilines is 1. The van der Waals surface area contributed by atoms with Gasteiger partial charge in [0.2, 0.25) is 0 Å². The number of rotatable bonds is 2. The molecule has 1 aromatic heterocycles. The molecule has 0 aliphatic carbocycles. The van der Waals surface area contributed by atoms with Crippen LogP contribution in [0.3, 0.4) is 0 Å². The summed E-state index contributed by atoms with van der Waals surface area (Å²) >= 11 is 0. The second-order valence-corrected chi connectivity index (χ2v) is 4.95. The molecule has 0 saturated carbocycles. The lowest BCUT2D eigenvalue weighted by Gasteiger charge is -2.14. The number of likely N-dealkylation sites (tertiary alicyclic amines) is 1. The Morgan fingerprint density at radius 1 is 1.39 bits per heavy atom. The number of aromatic nitrogens is 1. The smallest absolute Gasteiger partial charge is 0.169 e. The number of nitrogens with two attached hydrogens (primary N) is 1. The van der Waals surface area contributed by atoms with Gasteiger partial charge in [-0.3, -0.25) is 0 Å². The van der Waals surface area contributed by atoms with Crippen LogP contribution in [0, 0.1) is 0 Å². The van der Waals surface area contributed by atoms with Crippen molar-refractivity contribution in [3.05, 3.63) is 35.9 Å². The van der Waals surface area contributed by atoms with Crippen molar-refractivity contribution in [2.24, 2.45) is 0 Å². The molecule has 1 aromatic carbocycles. The van der Waals surface area contributed by atoms with Gasteiger partial charge in [-0.2, -0.15) is 0 Å². The topological polar surface area (TPSA) is 55.3 Å². The molecule has 0 bridgehead atoms. The van der Waals surface area contributed by atoms with E-state index in [2.05, 4.69) is 35.3 Å². The summed E-state index contributed by atoms with van der Waals surface area (Å²) in [5, 5.41) is 3.77. The fourth-order valence-electron chi connectivity index (χ4n) is 2.68. The minimum absolute atomic E-state index is 0.434. The van der Waals surface area contributed by atoms with Crippen LogP contribution in [0.4, 0.5) is 5.82 Å². The fourth-order valence-corrected chi connectivity index (χ4v) is 2.68. The largest absolute Gasteiger partial charge is 0.381 e. The van der Waals surface area contributed by atoms with Gasteiger partial charge in [-0.15, -0.1) is 0 Å². The van der Waals surface area contributed by atoms with E-state index < -0.39 is 0 Å². The summed E-state index contributed by atoms with van der Waals surface area (Å²) < 4.78 is 5.29. The molecule has 2 heterocycles. The molecule has 4 nitrogen and oxygen atoms in total. The van der Waals surface area contributed by atoms with Crippen molar-refractivity contribution < 1.29 is 4.52 Å². The van der Waals surface area contributed by atoms with Gasteiger partial charge in [-0.05, 0) is 31.5 Å². The van der Waals surface area contributed by atoms with Crippen molar-refractivity contribution in [3.63, 3.8) is 0 Å². The third kappa shape index (κ3) is 1.99. The van der Waals surface area contributed by atoms with E-state index in [1.807, 2.05) is 6.07 Å². The molecule has 4 heteroatoms. The van der Waals surface area contributed by atoms with Crippen LogP contribution in [0.25, 0.3) is 11.3 Å². The maximum absolute atomic E-state index is 5.63. The first kappa shape index (κ1) is 11.3. The maximum Gasteiger partial charge on any atom is 0.169 e.